The van der Waals surface area contributed by atoms with Crippen LogP contribution in [0.5, 0.6) is 0 Å². The molecular formula is C14H17N3O. The molecule has 2 N–H and O–H groups in total. The van der Waals surface area contributed by atoms with Crippen LogP contribution in [0.1, 0.15) is 50.1 Å². The number of oxazole rings is 1. The molecule has 18 heavy (non-hydrogen) atoms. The molecule has 0 amide bonds. The van der Waals surface area contributed by atoms with Gasteiger partial charge in [0.2, 0.25) is 17.5 Å². The maximum absolute atomic E-state index is 8.96. The molecule has 0 spiro atoms. The zero-order chi connectivity index (χ0) is 12.3. The molecule has 94 valence electrons. The van der Waals surface area contributed by atoms with Gasteiger partial charge in [-0.3, -0.25) is 0 Å². The SMILES string of the molecule is N#Cc1nc(C23CC4CC(CC(C4)C2)C3)oc1N. The molecule has 0 atom stereocenters. The minimum absolute atomic E-state index is 0.0952. The van der Waals surface area contributed by atoms with E-state index in [-0.39, 0.29) is 17.0 Å². The Morgan fingerprint density at radius 1 is 1.17 bits per heavy atom. The Labute approximate surface area is 106 Å². The zero-order valence-corrected chi connectivity index (χ0v) is 10.4. The average molecular weight is 243 g/mol. The molecule has 1 heterocycles. The van der Waals surface area contributed by atoms with Gasteiger partial charge in [-0.25, -0.2) is 0 Å². The molecule has 4 saturated carbocycles. The highest BCUT2D eigenvalue weighted by Gasteiger charge is 2.54. The number of nitriles is 1. The third kappa shape index (κ3) is 1.28. The first-order valence-corrected chi connectivity index (χ1v) is 6.85. The summed E-state index contributed by atoms with van der Waals surface area (Å²) in [6, 6.07) is 2.02. The Hall–Kier alpha value is -1.50. The lowest BCUT2D eigenvalue weighted by Gasteiger charge is -2.55. The van der Waals surface area contributed by atoms with Gasteiger partial charge >= 0.3 is 0 Å². The first-order valence-electron chi connectivity index (χ1n) is 6.85. The molecule has 1 aromatic rings. The first kappa shape index (κ1) is 10.4. The van der Waals surface area contributed by atoms with Gasteiger partial charge < -0.3 is 10.2 Å². The van der Waals surface area contributed by atoms with Crippen LogP contribution in [0.25, 0.3) is 0 Å². The van der Waals surface area contributed by atoms with E-state index in [1.807, 2.05) is 6.07 Å². The van der Waals surface area contributed by atoms with Gasteiger partial charge in [-0.1, -0.05) is 0 Å². The van der Waals surface area contributed by atoms with Gasteiger partial charge in [-0.05, 0) is 56.3 Å². The topological polar surface area (TPSA) is 75.8 Å². The van der Waals surface area contributed by atoms with E-state index in [1.54, 1.807) is 0 Å². The van der Waals surface area contributed by atoms with Gasteiger partial charge in [-0.2, -0.15) is 10.2 Å². The molecule has 4 heteroatoms. The monoisotopic (exact) mass is 243 g/mol. The summed E-state index contributed by atoms with van der Waals surface area (Å²) < 4.78 is 5.63. The van der Waals surface area contributed by atoms with E-state index in [9.17, 15) is 0 Å². The van der Waals surface area contributed by atoms with E-state index >= 15 is 0 Å². The van der Waals surface area contributed by atoms with Gasteiger partial charge in [-0.15, -0.1) is 0 Å². The Morgan fingerprint density at radius 3 is 2.17 bits per heavy atom. The standard InChI is InChI=1S/C14H17N3O/c15-7-11-12(16)18-13(17-11)14-4-8-1-9(5-14)3-10(2-8)6-14/h8-10H,1-6,16H2. The van der Waals surface area contributed by atoms with E-state index in [0.717, 1.165) is 23.6 Å². The summed E-state index contributed by atoms with van der Waals surface area (Å²) in [5.74, 6) is 3.47. The molecule has 4 fully saturated rings. The molecule has 0 radical (unpaired) electrons. The third-order valence-electron chi connectivity index (χ3n) is 5.25. The van der Waals surface area contributed by atoms with Crippen molar-refractivity contribution >= 4 is 5.88 Å². The van der Waals surface area contributed by atoms with Crippen LogP contribution >= 0.6 is 0 Å². The Bertz CT molecular complexity index is 504. The maximum Gasteiger partial charge on any atom is 0.229 e. The summed E-state index contributed by atoms with van der Waals surface area (Å²) in [6.07, 6.45) is 7.72. The molecule has 4 aliphatic rings. The largest absolute Gasteiger partial charge is 0.423 e. The summed E-state index contributed by atoms with van der Waals surface area (Å²) >= 11 is 0. The summed E-state index contributed by atoms with van der Waals surface area (Å²) in [5.41, 5.74) is 6.08. The van der Waals surface area contributed by atoms with Crippen LogP contribution in [0.4, 0.5) is 5.88 Å². The van der Waals surface area contributed by atoms with Crippen LogP contribution in [0.2, 0.25) is 0 Å². The van der Waals surface area contributed by atoms with Gasteiger partial charge in [0.15, 0.2) is 0 Å². The molecule has 4 nitrogen and oxygen atoms in total. The third-order valence-corrected chi connectivity index (χ3v) is 5.25. The molecule has 0 unspecified atom stereocenters. The molecule has 4 aliphatic carbocycles. The highest BCUT2D eigenvalue weighted by Crippen LogP contribution is 2.60. The predicted octanol–water partition coefficient (Wildman–Crippen LogP) is 2.60. The molecule has 4 bridgehead atoms. The molecule has 0 saturated heterocycles. The van der Waals surface area contributed by atoms with Crippen molar-refractivity contribution in [3.8, 4) is 6.07 Å². The zero-order valence-electron chi connectivity index (χ0n) is 10.4. The van der Waals surface area contributed by atoms with E-state index in [1.165, 1.54) is 38.5 Å². The van der Waals surface area contributed by atoms with E-state index in [4.69, 9.17) is 15.4 Å². The second-order valence-corrected chi connectivity index (χ2v) is 6.54. The minimum Gasteiger partial charge on any atom is -0.423 e. The Kier molecular flexibility index (Phi) is 1.90. The van der Waals surface area contributed by atoms with Gasteiger partial charge in [0.1, 0.15) is 6.07 Å². The van der Waals surface area contributed by atoms with Crippen molar-refractivity contribution in [3.05, 3.63) is 11.6 Å². The van der Waals surface area contributed by atoms with Gasteiger partial charge in [0, 0.05) is 5.41 Å². The molecule has 5 rings (SSSR count). The second kappa shape index (κ2) is 3.28. The number of anilines is 1. The van der Waals surface area contributed by atoms with Crippen molar-refractivity contribution in [2.45, 2.75) is 43.9 Å². The number of hydrogen-bond acceptors (Lipinski definition) is 4. The maximum atomic E-state index is 8.96. The fourth-order valence-electron chi connectivity index (χ4n) is 5.01. The Morgan fingerprint density at radius 2 is 1.72 bits per heavy atom. The lowest BCUT2D eigenvalue weighted by molar-refractivity contribution is -0.0174. The van der Waals surface area contributed by atoms with Crippen molar-refractivity contribution in [1.82, 2.24) is 4.98 Å². The molecule has 0 aromatic carbocycles. The number of rotatable bonds is 1. The number of nitrogens with two attached hydrogens (primary N) is 1. The number of nitrogens with zero attached hydrogens (tertiary/aromatic N) is 2. The Balaban J connectivity index is 1.77. The highest BCUT2D eigenvalue weighted by molar-refractivity contribution is 5.41. The van der Waals surface area contributed by atoms with E-state index in [0.29, 0.717) is 0 Å². The molecule has 1 aromatic heterocycles. The van der Waals surface area contributed by atoms with Gasteiger partial charge in [0.05, 0.1) is 0 Å². The van der Waals surface area contributed by atoms with Crippen LogP contribution in [0, 0.1) is 29.1 Å². The van der Waals surface area contributed by atoms with Crippen LogP contribution in [-0.2, 0) is 5.41 Å². The summed E-state index contributed by atoms with van der Waals surface area (Å²) in [6.45, 7) is 0. The van der Waals surface area contributed by atoms with Crippen molar-refractivity contribution in [1.29, 1.82) is 5.26 Å². The lowest BCUT2D eigenvalue weighted by Crippen LogP contribution is -2.48. The summed E-state index contributed by atoms with van der Waals surface area (Å²) in [5, 5.41) is 8.96. The van der Waals surface area contributed by atoms with Crippen LogP contribution in [-0.4, -0.2) is 4.98 Å². The fourth-order valence-corrected chi connectivity index (χ4v) is 5.01. The molecular weight excluding hydrogens is 226 g/mol. The van der Waals surface area contributed by atoms with Crippen LogP contribution < -0.4 is 5.73 Å². The predicted molar refractivity (Wildman–Crippen MR) is 65.5 cm³/mol. The number of hydrogen-bond donors (Lipinski definition) is 1. The van der Waals surface area contributed by atoms with Crippen LogP contribution in [0.3, 0.4) is 0 Å². The normalized spacial score (nSPS) is 40.9. The van der Waals surface area contributed by atoms with Crippen molar-refractivity contribution in [2.75, 3.05) is 5.73 Å². The van der Waals surface area contributed by atoms with Crippen LogP contribution in [0.15, 0.2) is 4.42 Å². The minimum atomic E-state index is 0.0952. The molecule has 0 aliphatic heterocycles. The quantitative estimate of drug-likeness (QED) is 0.822. The van der Waals surface area contributed by atoms with Crippen molar-refractivity contribution in [2.24, 2.45) is 17.8 Å². The van der Waals surface area contributed by atoms with E-state index in [2.05, 4.69) is 4.98 Å². The second-order valence-electron chi connectivity index (χ2n) is 6.54. The fraction of sp³-hybridized carbons (Fsp3) is 0.714. The first-order chi connectivity index (χ1) is 8.68. The van der Waals surface area contributed by atoms with Gasteiger partial charge in [0.25, 0.3) is 0 Å². The summed E-state index contributed by atoms with van der Waals surface area (Å²) in [7, 11) is 0. The van der Waals surface area contributed by atoms with E-state index < -0.39 is 0 Å². The number of aromatic nitrogens is 1. The average Bonchev–Trinajstić information content (AvgIpc) is 2.69. The van der Waals surface area contributed by atoms with Crippen molar-refractivity contribution < 1.29 is 4.42 Å². The highest BCUT2D eigenvalue weighted by atomic mass is 16.4. The number of nitrogen functional groups attached to an aromatic ring is 1. The smallest absolute Gasteiger partial charge is 0.229 e. The summed E-state index contributed by atoms with van der Waals surface area (Å²) in [4.78, 5) is 4.37. The lowest BCUT2D eigenvalue weighted by atomic mass is 9.49. The van der Waals surface area contributed by atoms with Crippen molar-refractivity contribution in [3.63, 3.8) is 0 Å².